The molecular formula is C16H17BrN2O3S. The largest absolute Gasteiger partial charge is 0.321 e. The van der Waals surface area contributed by atoms with E-state index >= 15 is 0 Å². The molecule has 0 heterocycles. The molecule has 0 radical (unpaired) electrons. The van der Waals surface area contributed by atoms with E-state index in [0.29, 0.717) is 11.3 Å². The molecular weight excluding hydrogens is 380 g/mol. The molecule has 0 bridgehead atoms. The molecule has 0 aromatic heterocycles. The molecule has 2 aromatic carbocycles. The molecule has 0 aliphatic rings. The first-order valence-electron chi connectivity index (χ1n) is 6.98. The van der Waals surface area contributed by atoms with Crippen molar-refractivity contribution in [1.82, 2.24) is 4.72 Å². The topological polar surface area (TPSA) is 75.3 Å². The lowest BCUT2D eigenvalue weighted by Gasteiger charge is -2.10. The van der Waals surface area contributed by atoms with Gasteiger partial charge in [-0.25, -0.2) is 13.1 Å². The van der Waals surface area contributed by atoms with E-state index in [1.807, 2.05) is 18.2 Å². The van der Waals surface area contributed by atoms with E-state index in [1.54, 1.807) is 19.9 Å². The van der Waals surface area contributed by atoms with E-state index in [9.17, 15) is 13.2 Å². The number of sulfonamides is 1. The molecule has 23 heavy (non-hydrogen) atoms. The zero-order chi connectivity index (χ0) is 17.0. The predicted molar refractivity (Wildman–Crippen MR) is 94.0 cm³/mol. The van der Waals surface area contributed by atoms with Crippen molar-refractivity contribution in [3.05, 3.63) is 58.6 Å². The quantitative estimate of drug-likeness (QED) is 0.812. The van der Waals surface area contributed by atoms with E-state index in [-0.39, 0.29) is 16.8 Å². The van der Waals surface area contributed by atoms with Crippen molar-refractivity contribution in [2.45, 2.75) is 24.8 Å². The van der Waals surface area contributed by atoms with Crippen molar-refractivity contribution in [2.24, 2.45) is 0 Å². The minimum Gasteiger partial charge on any atom is -0.321 e. The van der Waals surface area contributed by atoms with E-state index in [1.165, 1.54) is 24.3 Å². The maximum atomic E-state index is 12.2. The fourth-order valence-corrected chi connectivity index (χ4v) is 3.56. The van der Waals surface area contributed by atoms with Crippen LogP contribution in [0, 0.1) is 0 Å². The molecule has 2 N–H and O–H groups in total. The predicted octanol–water partition coefficient (Wildman–Crippen LogP) is 3.39. The first-order valence-corrected chi connectivity index (χ1v) is 9.25. The van der Waals surface area contributed by atoms with Crippen molar-refractivity contribution in [3.63, 3.8) is 0 Å². The van der Waals surface area contributed by atoms with Gasteiger partial charge in [-0.05, 0) is 66.2 Å². The lowest BCUT2D eigenvalue weighted by molar-refractivity contribution is 0.102. The number of amides is 1. The number of benzene rings is 2. The van der Waals surface area contributed by atoms with Crippen LogP contribution in [0.1, 0.15) is 24.2 Å². The molecule has 0 unspecified atom stereocenters. The van der Waals surface area contributed by atoms with Crippen molar-refractivity contribution in [2.75, 3.05) is 5.32 Å². The van der Waals surface area contributed by atoms with Gasteiger partial charge in [0.25, 0.3) is 5.91 Å². The zero-order valence-corrected chi connectivity index (χ0v) is 15.1. The number of rotatable bonds is 5. The van der Waals surface area contributed by atoms with Crippen LogP contribution in [0.25, 0.3) is 0 Å². The number of para-hydroxylation sites is 1. The molecule has 122 valence electrons. The molecule has 0 atom stereocenters. The summed E-state index contributed by atoms with van der Waals surface area (Å²) in [6, 6.07) is 12.9. The highest BCUT2D eigenvalue weighted by Crippen LogP contribution is 2.22. The van der Waals surface area contributed by atoms with Crippen LogP contribution in [0.2, 0.25) is 0 Å². The summed E-state index contributed by atoms with van der Waals surface area (Å²) in [5, 5.41) is 2.77. The van der Waals surface area contributed by atoms with E-state index < -0.39 is 10.0 Å². The fourth-order valence-electron chi connectivity index (χ4n) is 1.92. The van der Waals surface area contributed by atoms with Gasteiger partial charge in [0.15, 0.2) is 0 Å². The maximum absolute atomic E-state index is 12.2. The monoisotopic (exact) mass is 396 g/mol. The summed E-state index contributed by atoms with van der Waals surface area (Å²) in [6.45, 7) is 3.49. The second-order valence-corrected chi connectivity index (χ2v) is 7.80. The van der Waals surface area contributed by atoms with Crippen LogP contribution in [-0.2, 0) is 10.0 Å². The summed E-state index contributed by atoms with van der Waals surface area (Å²) >= 11 is 3.36. The molecule has 5 nitrogen and oxygen atoms in total. The van der Waals surface area contributed by atoms with Crippen LogP contribution < -0.4 is 10.0 Å². The van der Waals surface area contributed by atoms with Gasteiger partial charge < -0.3 is 5.32 Å². The molecule has 0 fully saturated rings. The molecule has 0 aliphatic heterocycles. The zero-order valence-electron chi connectivity index (χ0n) is 12.7. The van der Waals surface area contributed by atoms with Gasteiger partial charge in [0.2, 0.25) is 10.0 Å². The van der Waals surface area contributed by atoms with Crippen LogP contribution in [0.5, 0.6) is 0 Å². The third-order valence-electron chi connectivity index (χ3n) is 2.94. The molecule has 1 amide bonds. The summed E-state index contributed by atoms with van der Waals surface area (Å²) in [5.74, 6) is -0.308. The SMILES string of the molecule is CC(C)NS(=O)(=O)c1ccc(C(=O)Nc2ccccc2Br)cc1. The molecule has 7 heteroatoms. The minimum absolute atomic E-state index is 0.128. The summed E-state index contributed by atoms with van der Waals surface area (Å²) in [6.07, 6.45) is 0. The lowest BCUT2D eigenvalue weighted by Crippen LogP contribution is -2.30. The highest BCUT2D eigenvalue weighted by molar-refractivity contribution is 9.10. The third-order valence-corrected chi connectivity index (χ3v) is 5.31. The molecule has 0 saturated carbocycles. The van der Waals surface area contributed by atoms with Crippen molar-refractivity contribution >= 4 is 37.5 Å². The summed E-state index contributed by atoms with van der Waals surface area (Å²) in [5.41, 5.74) is 1.03. The smallest absolute Gasteiger partial charge is 0.255 e. The van der Waals surface area contributed by atoms with E-state index in [4.69, 9.17) is 0 Å². The highest BCUT2D eigenvalue weighted by atomic mass is 79.9. The van der Waals surface area contributed by atoms with Gasteiger partial charge in [0.05, 0.1) is 10.6 Å². The van der Waals surface area contributed by atoms with E-state index in [0.717, 1.165) is 4.47 Å². The number of hydrogen-bond donors (Lipinski definition) is 2. The summed E-state index contributed by atoms with van der Waals surface area (Å²) in [7, 11) is -3.56. The van der Waals surface area contributed by atoms with Crippen LogP contribution in [0.15, 0.2) is 57.9 Å². The number of carbonyl (C=O) groups is 1. The molecule has 0 aliphatic carbocycles. The Morgan fingerprint density at radius 1 is 1.04 bits per heavy atom. The Balaban J connectivity index is 2.16. The van der Waals surface area contributed by atoms with Gasteiger partial charge in [-0.15, -0.1) is 0 Å². The maximum Gasteiger partial charge on any atom is 0.255 e. The number of hydrogen-bond acceptors (Lipinski definition) is 3. The van der Waals surface area contributed by atoms with E-state index in [2.05, 4.69) is 26.0 Å². The van der Waals surface area contributed by atoms with Crippen molar-refractivity contribution in [1.29, 1.82) is 0 Å². The van der Waals surface area contributed by atoms with Gasteiger partial charge in [0, 0.05) is 16.1 Å². The third kappa shape index (κ3) is 4.63. The van der Waals surface area contributed by atoms with Crippen molar-refractivity contribution < 1.29 is 13.2 Å². The molecule has 2 rings (SSSR count). The lowest BCUT2D eigenvalue weighted by atomic mass is 10.2. The van der Waals surface area contributed by atoms with Crippen molar-refractivity contribution in [3.8, 4) is 0 Å². The second-order valence-electron chi connectivity index (χ2n) is 5.23. The molecule has 0 saturated heterocycles. The Labute approximate surface area is 144 Å². The van der Waals surface area contributed by atoms with Gasteiger partial charge in [0.1, 0.15) is 0 Å². The van der Waals surface area contributed by atoms with Crippen LogP contribution in [0.3, 0.4) is 0 Å². The fraction of sp³-hybridized carbons (Fsp3) is 0.188. The van der Waals surface area contributed by atoms with Crippen LogP contribution in [-0.4, -0.2) is 20.4 Å². The first-order chi connectivity index (χ1) is 10.8. The molecule has 0 spiro atoms. The van der Waals surface area contributed by atoms with Gasteiger partial charge >= 0.3 is 0 Å². The Bertz CT molecular complexity index is 802. The second kappa shape index (κ2) is 7.25. The average Bonchev–Trinajstić information content (AvgIpc) is 2.48. The normalized spacial score (nSPS) is 11.5. The van der Waals surface area contributed by atoms with Gasteiger partial charge in [-0.2, -0.15) is 0 Å². The molecule has 2 aromatic rings. The summed E-state index contributed by atoms with van der Waals surface area (Å²) in [4.78, 5) is 12.3. The number of carbonyl (C=O) groups excluding carboxylic acids is 1. The average molecular weight is 397 g/mol. The Morgan fingerprint density at radius 3 is 2.22 bits per heavy atom. The van der Waals surface area contributed by atoms with Crippen LogP contribution in [0.4, 0.5) is 5.69 Å². The first kappa shape index (κ1) is 17.7. The standard InChI is InChI=1S/C16H17BrN2O3S/c1-11(2)19-23(21,22)13-9-7-12(8-10-13)16(20)18-15-6-4-3-5-14(15)17/h3-11,19H,1-2H3,(H,18,20). The van der Waals surface area contributed by atoms with Gasteiger partial charge in [-0.3, -0.25) is 4.79 Å². The number of nitrogens with one attached hydrogen (secondary N) is 2. The Kier molecular flexibility index (Phi) is 5.56. The number of anilines is 1. The Hall–Kier alpha value is -1.70. The van der Waals surface area contributed by atoms with Crippen LogP contribution >= 0.6 is 15.9 Å². The number of halogens is 1. The Morgan fingerprint density at radius 2 is 1.65 bits per heavy atom. The summed E-state index contributed by atoms with van der Waals surface area (Å²) < 4.78 is 27.4. The van der Waals surface area contributed by atoms with Gasteiger partial charge in [-0.1, -0.05) is 12.1 Å². The highest BCUT2D eigenvalue weighted by Gasteiger charge is 2.16. The minimum atomic E-state index is -3.56.